The Morgan fingerprint density at radius 3 is 1.40 bits per heavy atom. The minimum Gasteiger partial charge on any atom is -0.494 e. The summed E-state index contributed by atoms with van der Waals surface area (Å²) in [5, 5.41) is 0. The highest BCUT2D eigenvalue weighted by Gasteiger charge is 2.46. The molecule has 0 aromatic heterocycles. The number of unbranched alkanes of at least 4 members (excludes halogenated alkanes) is 2. The van der Waals surface area contributed by atoms with Crippen molar-refractivity contribution in [1.29, 1.82) is 0 Å². The number of ether oxygens (including phenoxy) is 2. The van der Waals surface area contributed by atoms with Crippen LogP contribution < -0.4 is 9.47 Å². The van der Waals surface area contributed by atoms with Crippen molar-refractivity contribution in [2.45, 2.75) is 31.1 Å². The summed E-state index contributed by atoms with van der Waals surface area (Å²) in [6.45, 7) is 8.79. The number of allylic oxidation sites excluding steroid dienone is 6. The Morgan fingerprint density at radius 1 is 0.581 bits per heavy atom. The van der Waals surface area contributed by atoms with Crippen LogP contribution in [0.1, 0.15) is 47.9 Å². The van der Waals surface area contributed by atoms with E-state index in [2.05, 4.69) is 142 Å². The van der Waals surface area contributed by atoms with Crippen molar-refractivity contribution in [3.05, 3.63) is 166 Å². The van der Waals surface area contributed by atoms with Crippen LogP contribution in [0.25, 0.3) is 11.1 Å². The molecule has 1 aliphatic carbocycles. The maximum atomic E-state index is 6.10. The van der Waals surface area contributed by atoms with Crippen LogP contribution in [0.2, 0.25) is 0 Å². The standard InChI is InChI=1S/C39H36Br2O2/c1-3-5-7-9-11-25-42-33-19-13-29(14-20-33)39(30-15-21-34(22-16-30)43-26-12-10-8-6-4-2)37-27-31(40)17-23-35(37)36-24-18-32(41)28-38(36)39/h3-8,13-24,27-28H,1-2,9-12,25-26H2. The highest BCUT2D eigenvalue weighted by atomic mass is 79.9. The zero-order valence-electron chi connectivity index (χ0n) is 24.3. The van der Waals surface area contributed by atoms with Crippen LogP contribution in [-0.2, 0) is 5.41 Å². The van der Waals surface area contributed by atoms with E-state index in [0.29, 0.717) is 13.2 Å². The van der Waals surface area contributed by atoms with Crippen molar-refractivity contribution in [2.24, 2.45) is 0 Å². The molecular formula is C39H36Br2O2. The minimum absolute atomic E-state index is 0.514. The molecule has 4 heteroatoms. The first kappa shape index (κ1) is 30.8. The maximum absolute atomic E-state index is 6.10. The molecule has 218 valence electrons. The van der Waals surface area contributed by atoms with Gasteiger partial charge in [-0.3, -0.25) is 0 Å². The Morgan fingerprint density at radius 2 is 1.00 bits per heavy atom. The van der Waals surface area contributed by atoms with E-state index in [9.17, 15) is 0 Å². The zero-order valence-corrected chi connectivity index (χ0v) is 27.4. The molecule has 4 aromatic carbocycles. The van der Waals surface area contributed by atoms with E-state index in [0.717, 1.165) is 46.1 Å². The highest BCUT2D eigenvalue weighted by molar-refractivity contribution is 9.10. The fraction of sp³-hybridized carbons (Fsp3) is 0.179. The van der Waals surface area contributed by atoms with Gasteiger partial charge in [-0.15, -0.1) is 0 Å². The van der Waals surface area contributed by atoms with Crippen molar-refractivity contribution < 1.29 is 9.47 Å². The average molecular weight is 697 g/mol. The van der Waals surface area contributed by atoms with Crippen LogP contribution in [-0.4, -0.2) is 13.2 Å². The number of benzene rings is 4. The molecule has 0 spiro atoms. The normalized spacial score (nSPS) is 13.2. The second-order valence-corrected chi connectivity index (χ2v) is 12.3. The number of halogens is 2. The third kappa shape index (κ3) is 6.82. The van der Waals surface area contributed by atoms with Crippen LogP contribution in [0, 0.1) is 0 Å². The molecule has 0 heterocycles. The molecule has 43 heavy (non-hydrogen) atoms. The van der Waals surface area contributed by atoms with E-state index in [4.69, 9.17) is 9.47 Å². The van der Waals surface area contributed by atoms with Gasteiger partial charge in [0.2, 0.25) is 0 Å². The quantitative estimate of drug-likeness (QED) is 0.0850. The smallest absolute Gasteiger partial charge is 0.119 e. The molecule has 0 saturated heterocycles. The topological polar surface area (TPSA) is 18.5 Å². The molecule has 2 nitrogen and oxygen atoms in total. The van der Waals surface area contributed by atoms with Crippen LogP contribution in [0.3, 0.4) is 0 Å². The van der Waals surface area contributed by atoms with Gasteiger partial charge in [-0.25, -0.2) is 0 Å². The molecule has 0 atom stereocenters. The molecule has 0 aliphatic heterocycles. The molecule has 0 fully saturated rings. The molecule has 4 aromatic rings. The second kappa shape index (κ2) is 14.7. The monoisotopic (exact) mass is 694 g/mol. The summed E-state index contributed by atoms with van der Waals surface area (Å²) in [7, 11) is 0. The SMILES string of the molecule is C=CC=CCCCOc1ccc(C2(c3ccc(OCCCC=CC=C)cc3)c3cc(Br)ccc3-c3ccc(Br)cc32)cc1. The lowest BCUT2D eigenvalue weighted by Gasteiger charge is -2.34. The van der Waals surface area contributed by atoms with Crippen molar-refractivity contribution in [3.8, 4) is 22.6 Å². The van der Waals surface area contributed by atoms with Gasteiger partial charge in [0.25, 0.3) is 0 Å². The second-order valence-electron chi connectivity index (χ2n) is 10.5. The van der Waals surface area contributed by atoms with Crippen LogP contribution in [0.4, 0.5) is 0 Å². The van der Waals surface area contributed by atoms with E-state index >= 15 is 0 Å². The maximum Gasteiger partial charge on any atom is 0.119 e. The largest absolute Gasteiger partial charge is 0.494 e. The van der Waals surface area contributed by atoms with Crippen molar-refractivity contribution in [2.75, 3.05) is 13.2 Å². The van der Waals surface area contributed by atoms with Crippen LogP contribution in [0.5, 0.6) is 11.5 Å². The first-order valence-corrected chi connectivity index (χ1v) is 16.3. The van der Waals surface area contributed by atoms with E-state index < -0.39 is 5.41 Å². The van der Waals surface area contributed by atoms with Gasteiger partial charge in [0.05, 0.1) is 18.6 Å². The molecule has 5 rings (SSSR count). The Bertz CT molecular complexity index is 1490. The summed E-state index contributed by atoms with van der Waals surface area (Å²) in [6, 6.07) is 30.5. The third-order valence-electron chi connectivity index (χ3n) is 7.75. The van der Waals surface area contributed by atoms with Gasteiger partial charge in [0.15, 0.2) is 0 Å². The average Bonchev–Trinajstić information content (AvgIpc) is 3.30. The predicted molar refractivity (Wildman–Crippen MR) is 187 cm³/mol. The minimum atomic E-state index is -0.514. The molecule has 0 amide bonds. The van der Waals surface area contributed by atoms with E-state index in [-0.39, 0.29) is 0 Å². The summed E-state index contributed by atoms with van der Waals surface area (Å²) < 4.78 is 14.3. The fourth-order valence-electron chi connectivity index (χ4n) is 5.83. The van der Waals surface area contributed by atoms with Crippen LogP contribution in [0.15, 0.2) is 143 Å². The Hall–Kier alpha value is -3.60. The van der Waals surface area contributed by atoms with Gasteiger partial charge in [-0.2, -0.15) is 0 Å². The predicted octanol–water partition coefficient (Wildman–Crippen LogP) is 11.4. The Balaban J connectivity index is 1.52. The third-order valence-corrected chi connectivity index (χ3v) is 8.73. The molecule has 0 unspecified atom stereocenters. The summed E-state index contributed by atoms with van der Waals surface area (Å²) in [5.74, 6) is 1.75. The van der Waals surface area contributed by atoms with Gasteiger partial charge in [0.1, 0.15) is 11.5 Å². The van der Waals surface area contributed by atoms with Gasteiger partial charge in [-0.1, -0.05) is 118 Å². The van der Waals surface area contributed by atoms with Crippen molar-refractivity contribution in [3.63, 3.8) is 0 Å². The first-order chi connectivity index (χ1) is 21.1. The molecular weight excluding hydrogens is 660 g/mol. The van der Waals surface area contributed by atoms with Crippen molar-refractivity contribution in [1.82, 2.24) is 0 Å². The van der Waals surface area contributed by atoms with Gasteiger partial charge in [-0.05, 0) is 108 Å². The summed E-state index contributed by atoms with van der Waals surface area (Å²) >= 11 is 7.55. The van der Waals surface area contributed by atoms with Gasteiger partial charge >= 0.3 is 0 Å². The lowest BCUT2D eigenvalue weighted by atomic mass is 9.67. The van der Waals surface area contributed by atoms with Gasteiger partial charge in [0, 0.05) is 8.95 Å². The zero-order chi connectivity index (χ0) is 30.1. The molecule has 0 saturated carbocycles. The summed E-state index contributed by atoms with van der Waals surface area (Å²) in [4.78, 5) is 0. The number of rotatable bonds is 14. The van der Waals surface area contributed by atoms with E-state index in [1.165, 1.54) is 33.4 Å². The van der Waals surface area contributed by atoms with E-state index in [1.807, 2.05) is 12.2 Å². The number of hydrogen-bond acceptors (Lipinski definition) is 2. The van der Waals surface area contributed by atoms with Gasteiger partial charge < -0.3 is 9.47 Å². The highest BCUT2D eigenvalue weighted by Crippen LogP contribution is 2.57. The lowest BCUT2D eigenvalue weighted by Crippen LogP contribution is -2.28. The first-order valence-electron chi connectivity index (χ1n) is 14.7. The van der Waals surface area contributed by atoms with E-state index in [1.54, 1.807) is 12.2 Å². The Labute approximate surface area is 272 Å². The summed E-state index contributed by atoms with van der Waals surface area (Å²) in [5.41, 5.74) is 6.85. The summed E-state index contributed by atoms with van der Waals surface area (Å²) in [6.07, 6.45) is 15.6. The fourth-order valence-corrected chi connectivity index (χ4v) is 6.55. The Kier molecular flexibility index (Phi) is 10.6. The molecule has 0 N–H and O–H groups in total. The van der Waals surface area contributed by atoms with Crippen molar-refractivity contribution >= 4 is 31.9 Å². The number of hydrogen-bond donors (Lipinski definition) is 0. The molecule has 0 bridgehead atoms. The molecule has 0 radical (unpaired) electrons. The number of fused-ring (bicyclic) bond motifs is 3. The van der Waals surface area contributed by atoms with Crippen LogP contribution >= 0.6 is 31.9 Å². The lowest BCUT2D eigenvalue weighted by molar-refractivity contribution is 0.312. The molecule has 1 aliphatic rings.